The van der Waals surface area contributed by atoms with Gasteiger partial charge in [0.05, 0.1) is 13.1 Å². The number of aryl methyl sites for hydroxylation is 2. The molecule has 1 unspecified atom stereocenters. The number of pyridine rings is 1. The molecule has 0 saturated carbocycles. The topological polar surface area (TPSA) is 130 Å². The van der Waals surface area contributed by atoms with Crippen LogP contribution >= 0.6 is 0 Å². The largest absolute Gasteiger partial charge is 0.456 e. The molecule has 1 fully saturated rings. The number of nitrogens with zero attached hydrogens (tertiary/aromatic N) is 2. The van der Waals surface area contributed by atoms with Gasteiger partial charge in [0.1, 0.15) is 17.2 Å². The van der Waals surface area contributed by atoms with Crippen LogP contribution in [-0.2, 0) is 25.7 Å². The Bertz CT molecular complexity index is 1700. The number of halogens is 2. The molecule has 0 radical (unpaired) electrons. The first kappa shape index (κ1) is 32.1. The predicted molar refractivity (Wildman–Crippen MR) is 163 cm³/mol. The average molecular weight is 608 g/mol. The zero-order chi connectivity index (χ0) is 31.6. The van der Waals surface area contributed by atoms with Crippen molar-refractivity contribution in [2.24, 2.45) is 0 Å². The van der Waals surface area contributed by atoms with E-state index in [2.05, 4.69) is 69.5 Å². The fraction of sp³-hybridized carbons (Fsp3) is 0.312. The summed E-state index contributed by atoms with van der Waals surface area (Å²) in [6.45, 7) is 2.39. The van der Waals surface area contributed by atoms with Crippen LogP contribution in [0.1, 0.15) is 29.7 Å². The number of nitrogens with one attached hydrogen (secondary N) is 3. The number of H-pyrrole nitrogens is 1. The zero-order valence-electron chi connectivity index (χ0n) is 24.7. The molecule has 4 heterocycles. The minimum atomic E-state index is -2.62. The SMILES string of the molecule is COC(F)F.Cc1ccc2c(c1)oc1ccc(C)cc12.O=CNCC(=O)N1CCCC1C(=O)NCc1cc2cnccc2[nH]1. The van der Waals surface area contributed by atoms with Gasteiger partial charge in [0.15, 0.2) is 0 Å². The molecule has 10 nitrogen and oxygen atoms in total. The van der Waals surface area contributed by atoms with Crippen molar-refractivity contribution >= 4 is 51.1 Å². The molecule has 1 aliphatic rings. The summed E-state index contributed by atoms with van der Waals surface area (Å²) in [6, 6.07) is 16.0. The molecule has 1 atom stereocenters. The summed E-state index contributed by atoms with van der Waals surface area (Å²) in [6.07, 6.45) is 5.36. The van der Waals surface area contributed by atoms with Crippen molar-refractivity contribution in [1.29, 1.82) is 0 Å². The van der Waals surface area contributed by atoms with Crippen LogP contribution in [0.25, 0.3) is 32.8 Å². The zero-order valence-corrected chi connectivity index (χ0v) is 24.7. The highest BCUT2D eigenvalue weighted by molar-refractivity contribution is 6.05. The van der Waals surface area contributed by atoms with Gasteiger partial charge >= 0.3 is 6.61 Å². The second kappa shape index (κ2) is 15.1. The molecule has 0 spiro atoms. The van der Waals surface area contributed by atoms with E-state index >= 15 is 0 Å². The minimum Gasteiger partial charge on any atom is -0.456 e. The summed E-state index contributed by atoms with van der Waals surface area (Å²) in [7, 11) is 0.949. The highest BCUT2D eigenvalue weighted by Crippen LogP contribution is 2.29. The molecular weight excluding hydrogens is 572 g/mol. The van der Waals surface area contributed by atoms with Crippen LogP contribution < -0.4 is 10.6 Å². The Hall–Kier alpha value is -4.84. The molecule has 0 aliphatic carbocycles. The van der Waals surface area contributed by atoms with Crippen LogP contribution in [0.15, 0.2) is 65.3 Å². The van der Waals surface area contributed by atoms with Gasteiger partial charge in [0.2, 0.25) is 18.2 Å². The van der Waals surface area contributed by atoms with E-state index in [4.69, 9.17) is 4.42 Å². The molecule has 1 saturated heterocycles. The van der Waals surface area contributed by atoms with E-state index < -0.39 is 12.7 Å². The number of aromatic amines is 1. The lowest BCUT2D eigenvalue weighted by atomic mass is 10.1. The number of alkyl halides is 2. The molecule has 3 aromatic heterocycles. The summed E-state index contributed by atoms with van der Waals surface area (Å²) in [5, 5.41) is 8.62. The predicted octanol–water partition coefficient (Wildman–Crippen LogP) is 4.97. The number of hydrogen-bond acceptors (Lipinski definition) is 6. The molecule has 3 N–H and O–H groups in total. The maximum Gasteiger partial charge on any atom is 0.345 e. The van der Waals surface area contributed by atoms with E-state index in [1.165, 1.54) is 26.8 Å². The van der Waals surface area contributed by atoms with Gasteiger partial charge < -0.3 is 29.7 Å². The second-order valence-corrected chi connectivity index (χ2v) is 10.3. The first-order valence-electron chi connectivity index (χ1n) is 14.1. The number of aromatic nitrogens is 2. The Morgan fingerprint density at radius 1 is 1.11 bits per heavy atom. The third-order valence-corrected chi connectivity index (χ3v) is 7.10. The number of rotatable bonds is 7. The summed E-state index contributed by atoms with van der Waals surface area (Å²) in [5.41, 5.74) is 6.30. The molecule has 12 heteroatoms. The number of methoxy groups -OCH3 is 1. The quantitative estimate of drug-likeness (QED) is 0.224. The third kappa shape index (κ3) is 8.16. The molecule has 232 valence electrons. The second-order valence-electron chi connectivity index (χ2n) is 10.3. The summed E-state index contributed by atoms with van der Waals surface area (Å²) >= 11 is 0. The smallest absolute Gasteiger partial charge is 0.345 e. The van der Waals surface area contributed by atoms with Crippen LogP contribution in [0.5, 0.6) is 0 Å². The number of amides is 3. The number of carbonyl (C=O) groups excluding carboxylic acids is 3. The highest BCUT2D eigenvalue weighted by atomic mass is 19.3. The lowest BCUT2D eigenvalue weighted by molar-refractivity contribution is -0.138. The lowest BCUT2D eigenvalue weighted by Gasteiger charge is -2.23. The molecule has 44 heavy (non-hydrogen) atoms. The average Bonchev–Trinajstić information content (AvgIpc) is 3.75. The fourth-order valence-electron chi connectivity index (χ4n) is 4.99. The number of furan rings is 1. The van der Waals surface area contributed by atoms with Crippen molar-refractivity contribution in [3.05, 3.63) is 77.7 Å². The highest BCUT2D eigenvalue weighted by Gasteiger charge is 2.33. The van der Waals surface area contributed by atoms with Crippen LogP contribution in [0.4, 0.5) is 8.78 Å². The van der Waals surface area contributed by atoms with E-state index in [-0.39, 0.29) is 18.4 Å². The molecule has 3 amide bonds. The fourth-order valence-corrected chi connectivity index (χ4v) is 4.99. The Kier molecular flexibility index (Phi) is 11.0. The molecule has 6 rings (SSSR count). The Labute approximate surface area is 252 Å². The standard InChI is InChI=1S/C16H19N5O3.C14H12O.C2H4F2O/c22-10-18-9-15(23)21-5-1-2-14(21)16(24)19-8-12-6-11-7-17-4-3-13(11)20-12;1-9-4-6-13-12(7-9)11-5-3-10(2)8-14(11)15-13;1-5-2(3)4/h3-4,6-7,10,14,20H,1-2,5,8-9H2,(H,18,22)(H,19,24);3-8H,1-2H3;2H,1H3. The van der Waals surface area contributed by atoms with Gasteiger partial charge in [-0.1, -0.05) is 23.8 Å². The first-order chi connectivity index (χ1) is 21.2. The van der Waals surface area contributed by atoms with Gasteiger partial charge in [-0.25, -0.2) is 0 Å². The maximum absolute atomic E-state index is 12.4. The van der Waals surface area contributed by atoms with Crippen LogP contribution in [0.3, 0.4) is 0 Å². The molecular formula is C32H35F2N5O5. The van der Waals surface area contributed by atoms with Gasteiger partial charge in [0.25, 0.3) is 0 Å². The van der Waals surface area contributed by atoms with Crippen LogP contribution in [0, 0.1) is 13.8 Å². The number of fused-ring (bicyclic) bond motifs is 4. The lowest BCUT2D eigenvalue weighted by Crippen LogP contribution is -2.48. The summed E-state index contributed by atoms with van der Waals surface area (Å²) < 4.78 is 30.3. The van der Waals surface area contributed by atoms with Gasteiger partial charge in [-0.2, -0.15) is 8.78 Å². The third-order valence-electron chi connectivity index (χ3n) is 7.10. The normalized spacial score (nSPS) is 14.2. The number of ether oxygens (including phenoxy) is 1. The van der Waals surface area contributed by atoms with Gasteiger partial charge in [-0.3, -0.25) is 19.4 Å². The number of benzene rings is 2. The van der Waals surface area contributed by atoms with Crippen molar-refractivity contribution in [2.75, 3.05) is 20.2 Å². The van der Waals surface area contributed by atoms with E-state index in [0.29, 0.717) is 25.9 Å². The minimum absolute atomic E-state index is 0.0811. The van der Waals surface area contributed by atoms with E-state index in [9.17, 15) is 23.2 Å². The van der Waals surface area contributed by atoms with E-state index in [1.807, 2.05) is 18.2 Å². The van der Waals surface area contributed by atoms with E-state index in [0.717, 1.165) is 41.3 Å². The summed E-state index contributed by atoms with van der Waals surface area (Å²) in [4.78, 5) is 43.5. The molecule has 1 aliphatic heterocycles. The maximum atomic E-state index is 12.4. The number of hydrogen-bond donors (Lipinski definition) is 3. The van der Waals surface area contributed by atoms with Crippen molar-refractivity contribution in [1.82, 2.24) is 25.5 Å². The van der Waals surface area contributed by atoms with Crippen molar-refractivity contribution in [2.45, 2.75) is 45.9 Å². The van der Waals surface area contributed by atoms with Crippen LogP contribution in [-0.4, -0.2) is 65.9 Å². The van der Waals surface area contributed by atoms with Crippen molar-refractivity contribution in [3.8, 4) is 0 Å². The van der Waals surface area contributed by atoms with Crippen molar-refractivity contribution in [3.63, 3.8) is 0 Å². The van der Waals surface area contributed by atoms with Gasteiger partial charge in [0, 0.05) is 53.4 Å². The Balaban J connectivity index is 0.000000187. The molecule has 0 bridgehead atoms. The number of likely N-dealkylation sites (tertiary alicyclic amines) is 1. The summed E-state index contributed by atoms with van der Waals surface area (Å²) in [5.74, 6) is -0.417. The van der Waals surface area contributed by atoms with Gasteiger partial charge in [-0.15, -0.1) is 0 Å². The van der Waals surface area contributed by atoms with Gasteiger partial charge in [-0.05, 0) is 62.6 Å². The molecule has 5 aromatic rings. The Morgan fingerprint density at radius 2 is 1.86 bits per heavy atom. The molecule has 2 aromatic carbocycles. The monoisotopic (exact) mass is 607 g/mol. The Morgan fingerprint density at radius 3 is 2.59 bits per heavy atom. The number of carbonyl (C=O) groups is 3. The first-order valence-corrected chi connectivity index (χ1v) is 14.1. The van der Waals surface area contributed by atoms with Crippen molar-refractivity contribution < 1.29 is 32.3 Å². The van der Waals surface area contributed by atoms with Crippen LogP contribution in [0.2, 0.25) is 0 Å². The van der Waals surface area contributed by atoms with E-state index in [1.54, 1.807) is 12.4 Å².